The fourth-order valence-electron chi connectivity index (χ4n) is 2.65. The van der Waals surface area contributed by atoms with Gasteiger partial charge >= 0.3 is 5.76 Å². The van der Waals surface area contributed by atoms with Gasteiger partial charge in [0.15, 0.2) is 16.6 Å². The SMILES string of the molecule is Cc1cc(C)cc(NS(=O)c2cc3oc(=O)n(C)c3cc2C)c1. The van der Waals surface area contributed by atoms with Crippen LogP contribution < -0.4 is 10.5 Å². The molecule has 0 saturated heterocycles. The van der Waals surface area contributed by atoms with Gasteiger partial charge in [-0.15, -0.1) is 0 Å². The Kier molecular flexibility index (Phi) is 3.85. The molecule has 0 aliphatic carbocycles. The second-order valence-electron chi connectivity index (χ2n) is 5.76. The second-order valence-corrected chi connectivity index (χ2v) is 6.94. The lowest BCUT2D eigenvalue weighted by molar-refractivity contribution is 0.527. The standard InChI is InChI=1S/C17H18N2O3S/c1-10-5-11(2)7-13(6-10)18-23(21)16-9-15-14(8-12(16)3)19(4)17(20)22-15/h5-9,18H,1-4H3. The van der Waals surface area contributed by atoms with Crippen molar-refractivity contribution in [2.24, 2.45) is 7.05 Å². The third-order valence-corrected chi connectivity index (χ3v) is 4.98. The summed E-state index contributed by atoms with van der Waals surface area (Å²) >= 11 is 0. The van der Waals surface area contributed by atoms with Crippen LogP contribution in [0.1, 0.15) is 16.7 Å². The van der Waals surface area contributed by atoms with E-state index in [0.717, 1.165) is 22.4 Å². The molecule has 1 unspecified atom stereocenters. The van der Waals surface area contributed by atoms with E-state index in [1.165, 1.54) is 4.57 Å². The third kappa shape index (κ3) is 2.94. The highest BCUT2D eigenvalue weighted by molar-refractivity contribution is 7.86. The molecular formula is C17H18N2O3S. The van der Waals surface area contributed by atoms with Gasteiger partial charge in [0, 0.05) is 18.8 Å². The first-order chi connectivity index (χ1) is 10.8. The number of hydrogen-bond donors (Lipinski definition) is 1. The van der Waals surface area contributed by atoms with Crippen LogP contribution in [0.5, 0.6) is 0 Å². The minimum absolute atomic E-state index is 0.426. The summed E-state index contributed by atoms with van der Waals surface area (Å²) in [7, 11) is 0.214. The predicted molar refractivity (Wildman–Crippen MR) is 92.1 cm³/mol. The van der Waals surface area contributed by atoms with Gasteiger partial charge in [-0.1, -0.05) is 6.07 Å². The van der Waals surface area contributed by atoms with Gasteiger partial charge in [-0.25, -0.2) is 9.00 Å². The fourth-order valence-corrected chi connectivity index (χ4v) is 3.66. The van der Waals surface area contributed by atoms with Crippen molar-refractivity contribution in [3.8, 4) is 0 Å². The van der Waals surface area contributed by atoms with Crippen LogP contribution in [0.25, 0.3) is 11.1 Å². The molecule has 0 fully saturated rings. The molecule has 0 aliphatic heterocycles. The maximum atomic E-state index is 12.7. The first-order valence-corrected chi connectivity index (χ1v) is 8.37. The molecule has 0 saturated carbocycles. The highest BCUT2D eigenvalue weighted by atomic mass is 32.2. The van der Waals surface area contributed by atoms with E-state index in [9.17, 15) is 9.00 Å². The lowest BCUT2D eigenvalue weighted by Gasteiger charge is -2.10. The monoisotopic (exact) mass is 330 g/mol. The van der Waals surface area contributed by atoms with Crippen LogP contribution in [0, 0.1) is 20.8 Å². The lowest BCUT2D eigenvalue weighted by atomic mass is 10.1. The number of hydrogen-bond acceptors (Lipinski definition) is 3. The Morgan fingerprint density at radius 3 is 2.35 bits per heavy atom. The Hall–Kier alpha value is -2.34. The van der Waals surface area contributed by atoms with E-state index in [0.29, 0.717) is 16.0 Å². The van der Waals surface area contributed by atoms with Crippen LogP contribution in [-0.4, -0.2) is 8.78 Å². The summed E-state index contributed by atoms with van der Waals surface area (Å²) in [6.45, 7) is 5.86. The highest BCUT2D eigenvalue weighted by Crippen LogP contribution is 2.23. The van der Waals surface area contributed by atoms with Gasteiger partial charge in [0.2, 0.25) is 0 Å². The number of benzene rings is 2. The highest BCUT2D eigenvalue weighted by Gasteiger charge is 2.14. The number of aromatic nitrogens is 1. The summed E-state index contributed by atoms with van der Waals surface area (Å²) in [4.78, 5) is 12.2. The van der Waals surface area contributed by atoms with Gasteiger partial charge in [-0.2, -0.15) is 0 Å². The summed E-state index contributed by atoms with van der Waals surface area (Å²) in [5.41, 5.74) is 4.98. The van der Waals surface area contributed by atoms with Crippen molar-refractivity contribution < 1.29 is 8.63 Å². The minimum atomic E-state index is -1.44. The van der Waals surface area contributed by atoms with Gasteiger partial charge in [0.1, 0.15) is 0 Å². The summed E-state index contributed by atoms with van der Waals surface area (Å²) < 4.78 is 22.3. The molecule has 0 aliphatic rings. The first kappa shape index (κ1) is 15.6. The molecule has 0 bridgehead atoms. The molecule has 1 atom stereocenters. The molecule has 0 spiro atoms. The van der Waals surface area contributed by atoms with Gasteiger partial charge in [0.05, 0.1) is 10.4 Å². The second kappa shape index (κ2) is 5.70. The van der Waals surface area contributed by atoms with E-state index < -0.39 is 16.7 Å². The molecule has 1 aromatic heterocycles. The summed E-state index contributed by atoms with van der Waals surface area (Å²) in [5, 5.41) is 0. The van der Waals surface area contributed by atoms with Crippen molar-refractivity contribution >= 4 is 27.8 Å². The van der Waals surface area contributed by atoms with Crippen LogP contribution in [-0.2, 0) is 18.0 Å². The van der Waals surface area contributed by atoms with Crippen molar-refractivity contribution in [3.63, 3.8) is 0 Å². The van der Waals surface area contributed by atoms with Crippen LogP contribution >= 0.6 is 0 Å². The van der Waals surface area contributed by atoms with E-state index in [4.69, 9.17) is 4.42 Å². The Bertz CT molecular complexity index is 965. The van der Waals surface area contributed by atoms with E-state index >= 15 is 0 Å². The largest absolute Gasteiger partial charge is 0.419 e. The zero-order valence-electron chi connectivity index (χ0n) is 13.5. The predicted octanol–water partition coefficient (Wildman–Crippen LogP) is 3.19. The van der Waals surface area contributed by atoms with Gasteiger partial charge < -0.3 is 9.14 Å². The number of aryl methyl sites for hydroxylation is 4. The fraction of sp³-hybridized carbons (Fsp3) is 0.235. The molecule has 23 heavy (non-hydrogen) atoms. The first-order valence-electron chi connectivity index (χ1n) is 7.22. The van der Waals surface area contributed by atoms with Gasteiger partial charge in [-0.05, 0) is 55.7 Å². The molecule has 6 heteroatoms. The molecular weight excluding hydrogens is 312 g/mol. The third-order valence-electron chi connectivity index (χ3n) is 3.72. The molecule has 1 heterocycles. The van der Waals surface area contributed by atoms with E-state index in [2.05, 4.69) is 10.8 Å². The van der Waals surface area contributed by atoms with E-state index in [1.807, 2.05) is 39.0 Å². The zero-order chi connectivity index (χ0) is 16.7. The molecule has 3 rings (SSSR count). The summed E-state index contributed by atoms with van der Waals surface area (Å²) in [5.74, 6) is -0.426. The lowest BCUT2D eigenvalue weighted by Crippen LogP contribution is -2.09. The summed E-state index contributed by atoms with van der Waals surface area (Å²) in [6, 6.07) is 9.43. The zero-order valence-corrected chi connectivity index (χ0v) is 14.3. The quantitative estimate of drug-likeness (QED) is 0.802. The molecule has 1 N–H and O–H groups in total. The number of oxazole rings is 1. The van der Waals surface area contributed by atoms with E-state index in [-0.39, 0.29) is 0 Å². The van der Waals surface area contributed by atoms with Crippen molar-refractivity contribution in [1.82, 2.24) is 4.57 Å². The van der Waals surface area contributed by atoms with Crippen molar-refractivity contribution in [1.29, 1.82) is 0 Å². The number of nitrogens with one attached hydrogen (secondary N) is 1. The molecule has 5 nitrogen and oxygen atoms in total. The Morgan fingerprint density at radius 2 is 1.70 bits per heavy atom. The Morgan fingerprint density at radius 1 is 1.04 bits per heavy atom. The molecule has 0 amide bonds. The van der Waals surface area contributed by atoms with Crippen LogP contribution in [0.15, 0.2) is 44.4 Å². The van der Waals surface area contributed by atoms with Crippen LogP contribution in [0.3, 0.4) is 0 Å². The molecule has 0 radical (unpaired) electrons. The Balaban J connectivity index is 2.00. The van der Waals surface area contributed by atoms with Crippen LogP contribution in [0.4, 0.5) is 5.69 Å². The average molecular weight is 330 g/mol. The Labute approximate surface area is 136 Å². The topological polar surface area (TPSA) is 64.2 Å². The van der Waals surface area contributed by atoms with Gasteiger partial charge in [-0.3, -0.25) is 4.57 Å². The van der Waals surface area contributed by atoms with Gasteiger partial charge in [0.25, 0.3) is 0 Å². The smallest absolute Gasteiger partial charge is 0.408 e. The number of fused-ring (bicyclic) bond motifs is 1. The molecule has 120 valence electrons. The number of rotatable bonds is 3. The van der Waals surface area contributed by atoms with Crippen molar-refractivity contribution in [3.05, 3.63) is 57.6 Å². The van der Waals surface area contributed by atoms with Crippen LogP contribution in [0.2, 0.25) is 0 Å². The normalized spacial score (nSPS) is 12.5. The number of anilines is 1. The average Bonchev–Trinajstić information content (AvgIpc) is 2.72. The van der Waals surface area contributed by atoms with Crippen molar-refractivity contribution in [2.75, 3.05) is 4.72 Å². The maximum absolute atomic E-state index is 12.7. The molecule has 3 aromatic rings. The maximum Gasteiger partial charge on any atom is 0.419 e. The number of nitrogens with zero attached hydrogens (tertiary/aromatic N) is 1. The van der Waals surface area contributed by atoms with Crippen molar-refractivity contribution in [2.45, 2.75) is 25.7 Å². The minimum Gasteiger partial charge on any atom is -0.408 e. The van der Waals surface area contributed by atoms with E-state index in [1.54, 1.807) is 13.1 Å². The summed E-state index contributed by atoms with van der Waals surface area (Å²) in [6.07, 6.45) is 0. The molecule has 2 aromatic carbocycles.